The van der Waals surface area contributed by atoms with Gasteiger partial charge in [0.15, 0.2) is 5.78 Å². The van der Waals surface area contributed by atoms with Crippen molar-refractivity contribution in [1.29, 1.82) is 0 Å². The third-order valence-corrected chi connectivity index (χ3v) is 4.68. The molecular formula is C23H20OS. The minimum atomic E-state index is 0.0388. The molecule has 0 amide bonds. The summed E-state index contributed by atoms with van der Waals surface area (Å²) < 4.78 is 0. The highest BCUT2D eigenvalue weighted by atomic mass is 32.2. The summed E-state index contributed by atoms with van der Waals surface area (Å²) in [4.78, 5) is 13.2. The third kappa shape index (κ3) is 5.20. The number of benzene rings is 3. The first-order chi connectivity index (χ1) is 12.3. The Bertz CT molecular complexity index is 847. The number of ketones is 1. The fraction of sp³-hybridized carbons (Fsp3) is 0.0870. The van der Waals surface area contributed by atoms with Crippen molar-refractivity contribution in [2.45, 2.75) is 11.8 Å². The molecule has 0 atom stereocenters. The van der Waals surface area contributed by atoms with Gasteiger partial charge in [-0.1, -0.05) is 61.5 Å². The van der Waals surface area contributed by atoms with Gasteiger partial charge in [0, 0.05) is 10.5 Å². The highest BCUT2D eigenvalue weighted by molar-refractivity contribution is 7.99. The van der Waals surface area contributed by atoms with Gasteiger partial charge in [-0.05, 0) is 58.9 Å². The lowest BCUT2D eigenvalue weighted by Crippen LogP contribution is -1.93. The number of allylic oxidation sites excluding steroid dienone is 1. The molecule has 0 heterocycles. The number of hydrogen-bond acceptors (Lipinski definition) is 2. The van der Waals surface area contributed by atoms with Crippen molar-refractivity contribution in [3.63, 3.8) is 0 Å². The van der Waals surface area contributed by atoms with Gasteiger partial charge in [0.2, 0.25) is 0 Å². The van der Waals surface area contributed by atoms with Crippen LogP contribution in [0, 0.1) is 0 Å². The van der Waals surface area contributed by atoms with Gasteiger partial charge >= 0.3 is 0 Å². The lowest BCUT2D eigenvalue weighted by atomic mass is 10.1. The zero-order valence-corrected chi connectivity index (χ0v) is 15.0. The fourth-order valence-electron chi connectivity index (χ4n) is 2.39. The molecule has 0 fully saturated rings. The van der Waals surface area contributed by atoms with Crippen LogP contribution in [0.4, 0.5) is 0 Å². The Balaban J connectivity index is 0.000000250. The molecule has 1 nitrogen and oxygen atoms in total. The number of thioether (sulfide) groups is 1. The van der Waals surface area contributed by atoms with Crippen LogP contribution < -0.4 is 0 Å². The Labute approximate surface area is 153 Å². The quantitative estimate of drug-likeness (QED) is 0.238. The van der Waals surface area contributed by atoms with Crippen LogP contribution in [0.5, 0.6) is 0 Å². The van der Waals surface area contributed by atoms with E-state index in [-0.39, 0.29) is 5.78 Å². The molecule has 0 radical (unpaired) electrons. The van der Waals surface area contributed by atoms with Crippen molar-refractivity contribution in [1.82, 2.24) is 0 Å². The molecule has 25 heavy (non-hydrogen) atoms. The number of fused-ring (bicyclic) bond motifs is 1. The molecule has 2 heteroatoms. The summed E-state index contributed by atoms with van der Waals surface area (Å²) in [6, 6.07) is 26.1. The van der Waals surface area contributed by atoms with Crippen molar-refractivity contribution >= 4 is 23.6 Å². The van der Waals surface area contributed by atoms with Crippen molar-refractivity contribution in [3.05, 3.63) is 96.1 Å². The molecule has 4 rings (SSSR count). The first-order valence-corrected chi connectivity index (χ1v) is 9.35. The van der Waals surface area contributed by atoms with E-state index in [0.29, 0.717) is 0 Å². The van der Waals surface area contributed by atoms with Gasteiger partial charge in [-0.2, -0.15) is 0 Å². The molecule has 2 aromatic rings. The molecule has 124 valence electrons. The molecule has 2 aromatic carbocycles. The van der Waals surface area contributed by atoms with Gasteiger partial charge in [-0.3, -0.25) is 4.79 Å². The zero-order chi connectivity index (χ0) is 17.5. The van der Waals surface area contributed by atoms with E-state index in [1.54, 1.807) is 17.8 Å². The minimum Gasteiger partial charge on any atom is -0.289 e. The molecule has 0 N–H and O–H groups in total. The van der Waals surface area contributed by atoms with Crippen LogP contribution in [0.25, 0.3) is 17.2 Å². The highest BCUT2D eigenvalue weighted by Gasteiger charge is 2.07. The number of carbonyl (C=O) groups is 1. The zero-order valence-electron chi connectivity index (χ0n) is 14.2. The molecule has 0 saturated carbocycles. The van der Waals surface area contributed by atoms with Gasteiger partial charge in [0.1, 0.15) is 0 Å². The van der Waals surface area contributed by atoms with Crippen LogP contribution in [0.2, 0.25) is 0 Å². The molecular weight excluding hydrogens is 324 g/mol. The van der Waals surface area contributed by atoms with E-state index in [0.717, 1.165) is 16.9 Å². The molecule has 0 saturated heterocycles. The van der Waals surface area contributed by atoms with E-state index >= 15 is 0 Å². The molecule has 0 bridgehead atoms. The van der Waals surface area contributed by atoms with Crippen LogP contribution in [0.3, 0.4) is 0 Å². The van der Waals surface area contributed by atoms with Gasteiger partial charge < -0.3 is 0 Å². The van der Waals surface area contributed by atoms with E-state index in [1.807, 2.05) is 60.7 Å². The predicted octanol–water partition coefficient (Wildman–Crippen LogP) is 6.36. The maximum Gasteiger partial charge on any atom is 0.185 e. The van der Waals surface area contributed by atoms with E-state index in [1.165, 1.54) is 16.0 Å². The Kier molecular flexibility index (Phi) is 5.86. The Hall–Kier alpha value is -2.58. The van der Waals surface area contributed by atoms with Crippen molar-refractivity contribution in [2.75, 3.05) is 5.75 Å². The standard InChI is InChI=1S/C17H16OS.C6H4/c1-2-19-16-11-9-15(10-12-16)17(18)13-8-14-6-4-3-5-7-14;1-2-5-4-6(5)3-1/h3-13H,2H2,1H3;1-4H. The summed E-state index contributed by atoms with van der Waals surface area (Å²) in [5.41, 5.74) is 4.62. The lowest BCUT2D eigenvalue weighted by molar-refractivity contribution is 0.104. The van der Waals surface area contributed by atoms with Gasteiger partial charge in [-0.25, -0.2) is 0 Å². The summed E-state index contributed by atoms with van der Waals surface area (Å²) in [5.74, 6) is 1.08. The monoisotopic (exact) mass is 344 g/mol. The SMILES string of the molecule is CCSc1ccc(C(=O)C=Cc2ccccc2)cc1.c1cc2cc-2c1. The molecule has 0 aliphatic heterocycles. The van der Waals surface area contributed by atoms with Crippen LogP contribution in [0.1, 0.15) is 22.8 Å². The summed E-state index contributed by atoms with van der Waals surface area (Å²) in [6.07, 6.45) is 3.47. The van der Waals surface area contributed by atoms with Gasteiger partial charge in [0.05, 0.1) is 0 Å². The molecule has 0 unspecified atom stereocenters. The van der Waals surface area contributed by atoms with Crippen LogP contribution >= 0.6 is 11.8 Å². The van der Waals surface area contributed by atoms with E-state index < -0.39 is 0 Å². The summed E-state index contributed by atoms with van der Waals surface area (Å²) in [6.45, 7) is 2.12. The summed E-state index contributed by atoms with van der Waals surface area (Å²) in [5, 5.41) is 0. The van der Waals surface area contributed by atoms with Crippen LogP contribution in [-0.4, -0.2) is 11.5 Å². The fourth-order valence-corrected chi connectivity index (χ4v) is 3.05. The smallest absolute Gasteiger partial charge is 0.185 e. The van der Waals surface area contributed by atoms with Gasteiger partial charge in [-0.15, -0.1) is 11.8 Å². The van der Waals surface area contributed by atoms with Crippen molar-refractivity contribution in [2.24, 2.45) is 0 Å². The Morgan fingerprint density at radius 3 is 2.08 bits per heavy atom. The molecule has 0 aromatic heterocycles. The van der Waals surface area contributed by atoms with E-state index in [4.69, 9.17) is 0 Å². The normalized spacial score (nSPS) is 10.9. The Morgan fingerprint density at radius 1 is 0.880 bits per heavy atom. The maximum absolute atomic E-state index is 12.0. The average molecular weight is 344 g/mol. The number of hydrogen-bond donors (Lipinski definition) is 0. The largest absolute Gasteiger partial charge is 0.289 e. The third-order valence-electron chi connectivity index (χ3n) is 3.79. The molecule has 2 aliphatic carbocycles. The minimum absolute atomic E-state index is 0.0388. The second kappa shape index (κ2) is 8.50. The average Bonchev–Trinajstić information content (AvgIpc) is 3.27. The second-order valence-corrected chi connectivity index (χ2v) is 6.98. The van der Waals surface area contributed by atoms with Gasteiger partial charge in [0.25, 0.3) is 0 Å². The number of carbonyl (C=O) groups excluding carboxylic acids is 1. The molecule has 0 spiro atoms. The first kappa shape index (κ1) is 17.2. The second-order valence-electron chi connectivity index (χ2n) is 5.65. The first-order valence-electron chi connectivity index (χ1n) is 8.37. The highest BCUT2D eigenvalue weighted by Crippen LogP contribution is 2.32. The summed E-state index contributed by atoms with van der Waals surface area (Å²) in [7, 11) is 0. The van der Waals surface area contributed by atoms with Crippen molar-refractivity contribution < 1.29 is 4.79 Å². The van der Waals surface area contributed by atoms with Crippen molar-refractivity contribution in [3.8, 4) is 11.1 Å². The predicted molar refractivity (Wildman–Crippen MR) is 108 cm³/mol. The lowest BCUT2D eigenvalue weighted by Gasteiger charge is -2.00. The van der Waals surface area contributed by atoms with Crippen LogP contribution in [0.15, 0.2) is 89.8 Å². The molecule has 2 aliphatic rings. The maximum atomic E-state index is 12.0. The van der Waals surface area contributed by atoms with E-state index in [9.17, 15) is 4.79 Å². The topological polar surface area (TPSA) is 17.1 Å². The van der Waals surface area contributed by atoms with Crippen LogP contribution in [-0.2, 0) is 0 Å². The number of rotatable bonds is 5. The Morgan fingerprint density at radius 2 is 1.56 bits per heavy atom. The summed E-state index contributed by atoms with van der Waals surface area (Å²) >= 11 is 1.78. The van der Waals surface area contributed by atoms with E-state index in [2.05, 4.69) is 31.2 Å².